The standard InChI is InChI=1S/C23H30N2O8S/c1-5-14-12-25-10-9-23(33-34(27,28)29)20-17(7-6-8-19(20)31-3)24-21(23)18(25)11-15(14)16(13-30-2)22(26)32-4/h6-8,13-15,18H,5,9-12H2,1-4H3,(H,27,28,29)/b16-13+/t14-,15+,18?,23+/m1/s1. The predicted molar refractivity (Wildman–Crippen MR) is 123 cm³/mol. The van der Waals surface area contributed by atoms with Crippen LogP contribution in [0.15, 0.2) is 35.0 Å². The van der Waals surface area contributed by atoms with Gasteiger partial charge in [0.25, 0.3) is 0 Å². The molecule has 1 aromatic rings. The van der Waals surface area contributed by atoms with Gasteiger partial charge in [0, 0.05) is 19.5 Å². The molecule has 0 aromatic heterocycles. The first kappa shape index (κ1) is 24.6. The second-order valence-corrected chi connectivity index (χ2v) is 9.78. The summed E-state index contributed by atoms with van der Waals surface area (Å²) in [5.74, 6) is -0.0749. The maximum atomic E-state index is 12.6. The zero-order valence-electron chi connectivity index (χ0n) is 19.7. The molecule has 34 heavy (non-hydrogen) atoms. The van der Waals surface area contributed by atoms with Gasteiger partial charge in [-0.1, -0.05) is 19.4 Å². The van der Waals surface area contributed by atoms with Gasteiger partial charge < -0.3 is 14.2 Å². The molecule has 0 aliphatic carbocycles. The first-order valence-corrected chi connectivity index (χ1v) is 12.5. The van der Waals surface area contributed by atoms with Crippen molar-refractivity contribution in [2.24, 2.45) is 16.8 Å². The summed E-state index contributed by atoms with van der Waals surface area (Å²) in [7, 11) is -0.522. The Bertz CT molecular complexity index is 1130. The van der Waals surface area contributed by atoms with Crippen molar-refractivity contribution >= 4 is 27.8 Å². The minimum Gasteiger partial charge on any atom is -0.504 e. The molecule has 0 saturated carbocycles. The van der Waals surface area contributed by atoms with E-state index in [-0.39, 0.29) is 24.3 Å². The maximum absolute atomic E-state index is 12.6. The van der Waals surface area contributed by atoms with E-state index < -0.39 is 22.0 Å². The number of carbonyl (C=O) groups excluding carboxylic acids is 1. The third-order valence-electron chi connectivity index (χ3n) is 7.14. The van der Waals surface area contributed by atoms with Crippen LogP contribution < -0.4 is 4.74 Å². The highest BCUT2D eigenvalue weighted by molar-refractivity contribution is 7.81. The van der Waals surface area contributed by atoms with Crippen LogP contribution in [-0.2, 0) is 34.5 Å². The van der Waals surface area contributed by atoms with E-state index in [9.17, 15) is 17.8 Å². The molecule has 11 heteroatoms. The van der Waals surface area contributed by atoms with E-state index in [1.807, 2.05) is 0 Å². The smallest absolute Gasteiger partial charge is 0.398 e. The van der Waals surface area contributed by atoms with Gasteiger partial charge in [-0.15, -0.1) is 0 Å². The number of fused-ring (bicyclic) bond motifs is 5. The SMILES string of the molecule is CC[C@@H]1CN2CC[C@@]3(OS(=O)(=O)O)C(=Nc4cccc(OC)c43)C2C[C@@H]1/C(=C\OC)C(=O)OC. The molecule has 3 heterocycles. The van der Waals surface area contributed by atoms with Gasteiger partial charge in [-0.3, -0.25) is 14.4 Å². The number of aliphatic imine (C=N–C) groups is 1. The molecule has 4 atom stereocenters. The molecule has 0 bridgehead atoms. The number of methoxy groups -OCH3 is 3. The number of benzene rings is 1. The third-order valence-corrected chi connectivity index (χ3v) is 7.64. The largest absolute Gasteiger partial charge is 0.504 e. The van der Waals surface area contributed by atoms with Gasteiger partial charge in [0.2, 0.25) is 0 Å². The van der Waals surface area contributed by atoms with Crippen LogP contribution >= 0.6 is 0 Å². The monoisotopic (exact) mass is 494 g/mol. The van der Waals surface area contributed by atoms with Gasteiger partial charge in [0.05, 0.1) is 56.2 Å². The summed E-state index contributed by atoms with van der Waals surface area (Å²) in [5, 5.41) is 0. The highest BCUT2D eigenvalue weighted by Crippen LogP contribution is 2.54. The minimum absolute atomic E-state index is 0.158. The first-order chi connectivity index (χ1) is 16.2. The lowest BCUT2D eigenvalue weighted by atomic mass is 9.70. The fraction of sp³-hybridized carbons (Fsp3) is 0.565. The topological polar surface area (TPSA) is 124 Å². The van der Waals surface area contributed by atoms with Crippen LogP contribution in [-0.4, -0.2) is 70.0 Å². The second-order valence-electron chi connectivity index (χ2n) is 8.76. The summed E-state index contributed by atoms with van der Waals surface area (Å²) in [6.45, 7) is 3.27. The highest BCUT2D eigenvalue weighted by Gasteiger charge is 2.58. The zero-order valence-corrected chi connectivity index (χ0v) is 20.5. The average molecular weight is 495 g/mol. The van der Waals surface area contributed by atoms with Crippen molar-refractivity contribution in [3.05, 3.63) is 35.6 Å². The molecule has 2 fully saturated rings. The Morgan fingerprint density at radius 1 is 1.32 bits per heavy atom. The Hall–Kier alpha value is -2.47. The lowest BCUT2D eigenvalue weighted by molar-refractivity contribution is -0.137. The molecule has 1 N–H and O–H groups in total. The quantitative estimate of drug-likeness (QED) is 0.264. The number of hydrogen-bond acceptors (Lipinski definition) is 9. The van der Waals surface area contributed by atoms with Crippen LogP contribution in [0.4, 0.5) is 5.69 Å². The van der Waals surface area contributed by atoms with Crippen molar-refractivity contribution in [1.29, 1.82) is 0 Å². The molecule has 0 spiro atoms. The first-order valence-electron chi connectivity index (χ1n) is 11.2. The van der Waals surface area contributed by atoms with Crippen LogP contribution in [0.3, 0.4) is 0 Å². The predicted octanol–water partition coefficient (Wildman–Crippen LogP) is 2.62. The molecule has 3 aliphatic rings. The second kappa shape index (κ2) is 9.29. The van der Waals surface area contributed by atoms with E-state index in [1.165, 1.54) is 27.6 Å². The Morgan fingerprint density at radius 2 is 2.09 bits per heavy atom. The number of carbonyl (C=O) groups is 1. The molecule has 4 rings (SSSR count). The Morgan fingerprint density at radius 3 is 2.71 bits per heavy atom. The number of hydrogen-bond donors (Lipinski definition) is 1. The lowest BCUT2D eigenvalue weighted by Gasteiger charge is -2.50. The molecule has 1 unspecified atom stereocenters. The van der Waals surface area contributed by atoms with E-state index in [0.717, 1.165) is 6.42 Å². The van der Waals surface area contributed by atoms with Gasteiger partial charge >= 0.3 is 16.4 Å². The molecular formula is C23H30N2O8S. The van der Waals surface area contributed by atoms with Crippen molar-refractivity contribution in [1.82, 2.24) is 4.90 Å². The van der Waals surface area contributed by atoms with E-state index >= 15 is 0 Å². The van der Waals surface area contributed by atoms with Crippen LogP contribution in [0, 0.1) is 11.8 Å². The highest BCUT2D eigenvalue weighted by atomic mass is 32.3. The zero-order chi connectivity index (χ0) is 24.7. The van der Waals surface area contributed by atoms with Gasteiger partial charge in [-0.25, -0.2) is 8.98 Å². The number of rotatable bonds is 7. The fourth-order valence-electron chi connectivity index (χ4n) is 5.74. The van der Waals surface area contributed by atoms with E-state index in [4.69, 9.17) is 23.4 Å². The van der Waals surface area contributed by atoms with E-state index in [0.29, 0.717) is 47.8 Å². The third kappa shape index (κ3) is 4.10. The number of esters is 1. The van der Waals surface area contributed by atoms with Crippen molar-refractivity contribution in [2.75, 3.05) is 34.4 Å². The Balaban J connectivity index is 1.82. The Labute approximate surface area is 199 Å². The molecule has 186 valence electrons. The number of ether oxygens (including phenoxy) is 3. The lowest BCUT2D eigenvalue weighted by Crippen LogP contribution is -2.61. The number of nitrogens with zero attached hydrogens (tertiary/aromatic N) is 2. The summed E-state index contributed by atoms with van der Waals surface area (Å²) in [6, 6.07) is 4.92. The Kier molecular flexibility index (Phi) is 6.74. The van der Waals surface area contributed by atoms with E-state index in [1.54, 1.807) is 18.2 Å². The molecule has 2 saturated heterocycles. The summed E-state index contributed by atoms with van der Waals surface area (Å²) >= 11 is 0. The van der Waals surface area contributed by atoms with Crippen molar-refractivity contribution < 1.29 is 36.2 Å². The number of piperidine rings is 2. The average Bonchev–Trinajstić information content (AvgIpc) is 3.14. The fourth-order valence-corrected chi connectivity index (χ4v) is 6.35. The van der Waals surface area contributed by atoms with Crippen LogP contribution in [0.5, 0.6) is 5.75 Å². The van der Waals surface area contributed by atoms with Crippen molar-refractivity contribution in [3.63, 3.8) is 0 Å². The van der Waals surface area contributed by atoms with Crippen LogP contribution in [0.25, 0.3) is 0 Å². The molecule has 0 radical (unpaired) electrons. The normalized spacial score (nSPS) is 28.9. The maximum Gasteiger partial charge on any atom is 0.398 e. The van der Waals surface area contributed by atoms with E-state index in [2.05, 4.69) is 11.8 Å². The van der Waals surface area contributed by atoms with Crippen molar-refractivity contribution in [2.45, 2.75) is 37.8 Å². The molecule has 1 aromatic carbocycles. The summed E-state index contributed by atoms with van der Waals surface area (Å²) < 4.78 is 55.0. The molecule has 10 nitrogen and oxygen atoms in total. The van der Waals surface area contributed by atoms with Crippen LogP contribution in [0.1, 0.15) is 31.7 Å². The molecule has 3 aliphatic heterocycles. The summed E-state index contributed by atoms with van der Waals surface area (Å²) in [5.41, 5.74) is 0.444. The van der Waals surface area contributed by atoms with Crippen LogP contribution in [0.2, 0.25) is 0 Å². The minimum atomic E-state index is -4.82. The summed E-state index contributed by atoms with van der Waals surface area (Å²) in [6.07, 6.45) is 3.01. The van der Waals surface area contributed by atoms with Gasteiger partial charge in [0.15, 0.2) is 5.60 Å². The van der Waals surface area contributed by atoms with Crippen molar-refractivity contribution in [3.8, 4) is 5.75 Å². The van der Waals surface area contributed by atoms with Gasteiger partial charge in [-0.2, -0.15) is 8.42 Å². The molecular weight excluding hydrogens is 464 g/mol. The van der Waals surface area contributed by atoms with Gasteiger partial charge in [-0.05, 0) is 30.4 Å². The molecule has 0 amide bonds. The summed E-state index contributed by atoms with van der Waals surface area (Å²) in [4.78, 5) is 19.6. The van der Waals surface area contributed by atoms with Gasteiger partial charge in [0.1, 0.15) is 5.75 Å².